The van der Waals surface area contributed by atoms with Crippen LogP contribution in [0.25, 0.3) is 11.0 Å². The molecule has 140 valence electrons. The first-order chi connectivity index (χ1) is 12.6. The Morgan fingerprint density at radius 1 is 1.23 bits per heavy atom. The topological polar surface area (TPSA) is 120 Å². The minimum absolute atomic E-state index is 0.0695. The number of amides is 2. The van der Waals surface area contributed by atoms with E-state index in [0.29, 0.717) is 22.5 Å². The second kappa shape index (κ2) is 10.2. The molecule has 9 heteroatoms. The van der Waals surface area contributed by atoms with Crippen LogP contribution in [-0.4, -0.2) is 44.3 Å². The van der Waals surface area contributed by atoms with Gasteiger partial charge in [0.2, 0.25) is 12.3 Å². The summed E-state index contributed by atoms with van der Waals surface area (Å²) in [6.45, 7) is 2.04. The summed E-state index contributed by atoms with van der Waals surface area (Å²) in [5, 5.41) is 17.8. The molecule has 9 nitrogen and oxygen atoms in total. The smallest absolute Gasteiger partial charge is 0.262 e. The zero-order valence-electron chi connectivity index (χ0n) is 14.8. The van der Waals surface area contributed by atoms with Gasteiger partial charge in [-0.05, 0) is 18.6 Å². The van der Waals surface area contributed by atoms with Gasteiger partial charge in [-0.2, -0.15) is 0 Å². The first-order valence-corrected chi connectivity index (χ1v) is 8.70. The minimum Gasteiger partial charge on any atom is -0.286 e. The lowest BCUT2D eigenvalue weighted by Crippen LogP contribution is -2.40. The Labute approximate surface area is 151 Å². The highest BCUT2D eigenvalue weighted by molar-refractivity contribution is 5.80. The third kappa shape index (κ3) is 5.92. The first kappa shape index (κ1) is 19.5. The lowest BCUT2D eigenvalue weighted by molar-refractivity contribution is -0.154. The first-order valence-electron chi connectivity index (χ1n) is 8.70. The molecule has 0 fully saturated rings. The van der Waals surface area contributed by atoms with Crippen molar-refractivity contribution in [2.45, 2.75) is 39.0 Å². The van der Waals surface area contributed by atoms with Crippen molar-refractivity contribution in [3.8, 4) is 0 Å². The average molecular weight is 360 g/mol. The van der Waals surface area contributed by atoms with Gasteiger partial charge in [0.25, 0.3) is 5.95 Å². The molecule has 0 unspecified atom stereocenters. The van der Waals surface area contributed by atoms with Gasteiger partial charge in [0.05, 0.1) is 18.0 Å². The van der Waals surface area contributed by atoms with Crippen LogP contribution >= 0.6 is 0 Å². The molecule has 0 spiro atoms. The van der Waals surface area contributed by atoms with Gasteiger partial charge in [-0.3, -0.25) is 25.6 Å². The molecule has 2 rings (SSSR count). The fourth-order valence-electron chi connectivity index (χ4n) is 2.55. The molecular weight excluding hydrogens is 336 g/mol. The molecule has 0 radical (unpaired) electrons. The van der Waals surface area contributed by atoms with Crippen molar-refractivity contribution in [1.82, 2.24) is 25.7 Å². The number of rotatable bonds is 11. The van der Waals surface area contributed by atoms with Crippen LogP contribution in [0.5, 0.6) is 0 Å². The monoisotopic (exact) mass is 360 g/mol. The van der Waals surface area contributed by atoms with Gasteiger partial charge in [0.15, 0.2) is 0 Å². The lowest BCUT2D eigenvalue weighted by Gasteiger charge is -2.19. The second-order valence-electron chi connectivity index (χ2n) is 6.01. The zero-order valence-corrected chi connectivity index (χ0v) is 14.8. The maximum atomic E-state index is 12.4. The number of anilines is 1. The highest BCUT2D eigenvalue weighted by atomic mass is 16.5. The normalized spacial score (nSPS) is 11.8. The molecule has 2 amide bonds. The van der Waals surface area contributed by atoms with E-state index in [0.717, 1.165) is 25.7 Å². The Hall–Kier alpha value is -2.81. The SMILES string of the molecule is CCCCCC[C@@H](CN(O)C=O)C(=O)NNc1nnc2ccccc2n1. The van der Waals surface area contributed by atoms with Crippen molar-refractivity contribution in [1.29, 1.82) is 0 Å². The predicted molar refractivity (Wildman–Crippen MR) is 95.9 cm³/mol. The van der Waals surface area contributed by atoms with Crippen LogP contribution in [0.1, 0.15) is 39.0 Å². The molecule has 0 aliphatic carbocycles. The highest BCUT2D eigenvalue weighted by Crippen LogP contribution is 2.13. The maximum Gasteiger partial charge on any atom is 0.262 e. The van der Waals surface area contributed by atoms with Gasteiger partial charge < -0.3 is 0 Å². The minimum atomic E-state index is -0.539. The number of benzene rings is 1. The van der Waals surface area contributed by atoms with Crippen LogP contribution in [0.2, 0.25) is 0 Å². The third-order valence-corrected chi connectivity index (χ3v) is 3.96. The second-order valence-corrected chi connectivity index (χ2v) is 6.01. The van der Waals surface area contributed by atoms with E-state index in [1.807, 2.05) is 12.1 Å². The Morgan fingerprint density at radius 2 is 2.00 bits per heavy atom. The van der Waals surface area contributed by atoms with Crippen LogP contribution in [-0.2, 0) is 9.59 Å². The van der Waals surface area contributed by atoms with Crippen molar-refractivity contribution in [2.24, 2.45) is 5.92 Å². The molecule has 1 heterocycles. The maximum absolute atomic E-state index is 12.4. The number of fused-ring (bicyclic) bond motifs is 1. The Bertz CT molecular complexity index is 726. The molecule has 1 aromatic carbocycles. The van der Waals surface area contributed by atoms with Gasteiger partial charge in [-0.1, -0.05) is 44.7 Å². The summed E-state index contributed by atoms with van der Waals surface area (Å²) in [6.07, 6.45) is 4.86. The van der Waals surface area contributed by atoms with Crippen molar-refractivity contribution < 1.29 is 14.8 Å². The summed E-state index contributed by atoms with van der Waals surface area (Å²) in [4.78, 5) is 27.3. The summed E-state index contributed by atoms with van der Waals surface area (Å²) < 4.78 is 0. The molecule has 1 aromatic heterocycles. The summed E-state index contributed by atoms with van der Waals surface area (Å²) in [5.74, 6) is -0.722. The van der Waals surface area contributed by atoms with E-state index in [1.165, 1.54) is 0 Å². The van der Waals surface area contributed by atoms with Gasteiger partial charge in [0, 0.05) is 0 Å². The molecular formula is C17H24N6O3. The van der Waals surface area contributed by atoms with Gasteiger partial charge >= 0.3 is 0 Å². The van der Waals surface area contributed by atoms with E-state index in [4.69, 9.17) is 0 Å². The number of nitrogens with one attached hydrogen (secondary N) is 2. The third-order valence-electron chi connectivity index (χ3n) is 3.96. The van der Waals surface area contributed by atoms with E-state index >= 15 is 0 Å². The Kier molecular flexibility index (Phi) is 7.69. The quantitative estimate of drug-likeness (QED) is 0.242. The number of hydrazine groups is 1. The number of aromatic nitrogens is 3. The Morgan fingerprint density at radius 3 is 2.73 bits per heavy atom. The van der Waals surface area contributed by atoms with Gasteiger partial charge in [-0.15, -0.1) is 10.2 Å². The van der Waals surface area contributed by atoms with E-state index < -0.39 is 5.92 Å². The molecule has 0 aliphatic heterocycles. The largest absolute Gasteiger partial charge is 0.286 e. The van der Waals surface area contributed by atoms with E-state index in [1.54, 1.807) is 12.1 Å². The fraction of sp³-hybridized carbons (Fsp3) is 0.471. The predicted octanol–water partition coefficient (Wildman–Crippen LogP) is 1.90. The van der Waals surface area contributed by atoms with Crippen molar-refractivity contribution in [2.75, 3.05) is 12.0 Å². The standard InChI is InChI=1S/C17H24N6O3/c1-2-3-4-5-8-13(11-23(26)12-24)16(25)20-22-17-18-14-9-6-7-10-15(14)19-21-17/h6-7,9-10,12-13,26H,2-5,8,11H2,1H3,(H,20,25)(H,18,21,22)/t13-/m0/s1. The van der Waals surface area contributed by atoms with Crippen molar-refractivity contribution in [3.05, 3.63) is 24.3 Å². The number of unbranched alkanes of at least 4 members (excludes halogenated alkanes) is 3. The summed E-state index contributed by atoms with van der Waals surface area (Å²) >= 11 is 0. The number of carbonyl (C=O) groups is 2. The van der Waals surface area contributed by atoms with E-state index in [9.17, 15) is 14.8 Å². The summed E-state index contributed by atoms with van der Waals surface area (Å²) in [5.41, 5.74) is 6.47. The van der Waals surface area contributed by atoms with Gasteiger partial charge in [0.1, 0.15) is 5.52 Å². The number of hydrogen-bond donors (Lipinski definition) is 3. The summed E-state index contributed by atoms with van der Waals surface area (Å²) in [6, 6.07) is 7.26. The molecule has 0 saturated heterocycles. The highest BCUT2D eigenvalue weighted by Gasteiger charge is 2.20. The van der Waals surface area contributed by atoms with Crippen molar-refractivity contribution >= 4 is 29.3 Å². The van der Waals surface area contributed by atoms with Gasteiger partial charge in [-0.25, -0.2) is 10.0 Å². The number of hydrogen-bond acceptors (Lipinski definition) is 7. The van der Waals surface area contributed by atoms with Crippen molar-refractivity contribution in [3.63, 3.8) is 0 Å². The molecule has 0 saturated carbocycles. The average Bonchev–Trinajstić information content (AvgIpc) is 2.68. The molecule has 26 heavy (non-hydrogen) atoms. The number of para-hydroxylation sites is 1. The van der Waals surface area contributed by atoms with E-state index in [2.05, 4.69) is 33.0 Å². The lowest BCUT2D eigenvalue weighted by atomic mass is 10.00. The molecule has 0 aliphatic rings. The van der Waals surface area contributed by atoms with E-state index in [-0.39, 0.29) is 24.8 Å². The molecule has 1 atom stereocenters. The van der Waals surface area contributed by atoms with Crippen LogP contribution in [0, 0.1) is 5.92 Å². The zero-order chi connectivity index (χ0) is 18.8. The van der Waals surface area contributed by atoms with Crippen LogP contribution in [0.15, 0.2) is 24.3 Å². The molecule has 3 N–H and O–H groups in total. The fourth-order valence-corrected chi connectivity index (χ4v) is 2.55. The summed E-state index contributed by atoms with van der Waals surface area (Å²) in [7, 11) is 0. The number of nitrogens with zero attached hydrogens (tertiary/aromatic N) is 4. The molecule has 0 bridgehead atoms. The number of carbonyl (C=O) groups excluding carboxylic acids is 2. The number of hydroxylamine groups is 2. The van der Waals surface area contributed by atoms with Crippen LogP contribution < -0.4 is 10.9 Å². The Balaban J connectivity index is 1.93. The van der Waals surface area contributed by atoms with Crippen LogP contribution in [0.4, 0.5) is 5.95 Å². The molecule has 2 aromatic rings. The van der Waals surface area contributed by atoms with Crippen LogP contribution in [0.3, 0.4) is 0 Å².